The monoisotopic (exact) mass is 478 g/mol. The Bertz CT molecular complexity index is 812. The number of hydrogen-bond acceptors (Lipinski definition) is 7. The van der Waals surface area contributed by atoms with E-state index in [1.54, 1.807) is 18.7 Å². The molecule has 0 bridgehead atoms. The van der Waals surface area contributed by atoms with Gasteiger partial charge in [-0.25, -0.2) is 4.98 Å². The maximum absolute atomic E-state index is 13.6. The van der Waals surface area contributed by atoms with Gasteiger partial charge >= 0.3 is 12.1 Å². The van der Waals surface area contributed by atoms with Gasteiger partial charge in [0.05, 0.1) is 23.2 Å². The standard InChI is InChI=1S/C18H22BrF3N4O3/c1-3-29-13(28)4-9-10-5-25(6-11(9)10)16-14(19)15(18(20,21)22)23-17(24-16)26-7-12(27)8(26)2/h8-12,27H,3-7H2,1-2H3/t8-,9?,10?,11?,12+/m0/s1. The lowest BCUT2D eigenvalue weighted by atomic mass is 10.0. The van der Waals surface area contributed by atoms with Gasteiger partial charge in [-0.3, -0.25) is 4.79 Å². The number of esters is 1. The number of aliphatic hydroxyl groups is 1. The molecule has 4 atom stereocenters. The summed E-state index contributed by atoms with van der Waals surface area (Å²) in [6.45, 7) is 5.10. The summed E-state index contributed by atoms with van der Waals surface area (Å²) >= 11 is 3.06. The molecule has 29 heavy (non-hydrogen) atoms. The van der Waals surface area contributed by atoms with E-state index in [2.05, 4.69) is 25.9 Å². The van der Waals surface area contributed by atoms with E-state index in [1.807, 2.05) is 4.90 Å². The highest BCUT2D eigenvalue weighted by Crippen LogP contribution is 2.55. The van der Waals surface area contributed by atoms with Crippen LogP contribution in [0.2, 0.25) is 0 Å². The predicted octanol–water partition coefficient (Wildman–Crippen LogP) is 2.46. The van der Waals surface area contributed by atoms with E-state index in [4.69, 9.17) is 4.74 Å². The van der Waals surface area contributed by atoms with Crippen LogP contribution in [0.5, 0.6) is 0 Å². The lowest BCUT2D eigenvalue weighted by molar-refractivity contribution is -0.144. The number of nitrogens with zero attached hydrogens (tertiary/aromatic N) is 4. The lowest BCUT2D eigenvalue weighted by Crippen LogP contribution is -2.59. The number of β-amino-alcohol motifs (C(OH)–C–C–N with tert-alkyl or cyclic N) is 1. The number of halogens is 4. The molecule has 3 aliphatic rings. The van der Waals surface area contributed by atoms with Gasteiger partial charge in [-0.1, -0.05) is 0 Å². The first-order valence-electron chi connectivity index (χ1n) is 9.61. The summed E-state index contributed by atoms with van der Waals surface area (Å²) in [4.78, 5) is 23.2. The van der Waals surface area contributed by atoms with Crippen molar-refractivity contribution in [2.75, 3.05) is 36.0 Å². The third-order valence-electron chi connectivity index (χ3n) is 6.16. The van der Waals surface area contributed by atoms with E-state index in [1.165, 1.54) is 0 Å². The minimum Gasteiger partial charge on any atom is -0.466 e. The van der Waals surface area contributed by atoms with Gasteiger partial charge in [0, 0.05) is 26.1 Å². The average molecular weight is 479 g/mol. The second-order valence-corrected chi connectivity index (χ2v) is 8.67. The van der Waals surface area contributed by atoms with Crippen molar-refractivity contribution in [3.05, 3.63) is 10.2 Å². The lowest BCUT2D eigenvalue weighted by Gasteiger charge is -2.43. The Morgan fingerprint density at radius 2 is 1.93 bits per heavy atom. The Kier molecular flexibility index (Phi) is 5.17. The summed E-state index contributed by atoms with van der Waals surface area (Å²) in [5, 5.41) is 9.72. The second kappa shape index (κ2) is 7.26. The number of aromatic nitrogens is 2. The third kappa shape index (κ3) is 3.67. The van der Waals surface area contributed by atoms with Gasteiger partial charge in [0.2, 0.25) is 5.95 Å². The molecule has 1 N–H and O–H groups in total. The Balaban J connectivity index is 1.55. The molecule has 2 unspecified atom stereocenters. The van der Waals surface area contributed by atoms with Gasteiger partial charge in [-0.15, -0.1) is 0 Å². The number of carbonyl (C=O) groups excluding carboxylic acids is 1. The summed E-state index contributed by atoms with van der Waals surface area (Å²) < 4.78 is 45.5. The molecule has 7 nitrogen and oxygen atoms in total. The predicted molar refractivity (Wildman–Crippen MR) is 101 cm³/mol. The fourth-order valence-corrected chi connectivity index (χ4v) is 4.99. The van der Waals surface area contributed by atoms with Gasteiger partial charge < -0.3 is 19.6 Å². The minimum absolute atomic E-state index is 0.0306. The van der Waals surface area contributed by atoms with Crippen LogP contribution < -0.4 is 9.80 Å². The van der Waals surface area contributed by atoms with Crippen LogP contribution in [0.3, 0.4) is 0 Å². The Morgan fingerprint density at radius 3 is 2.45 bits per heavy atom. The summed E-state index contributed by atoms with van der Waals surface area (Å²) in [7, 11) is 0. The van der Waals surface area contributed by atoms with Gasteiger partial charge in [-0.05, 0) is 47.5 Å². The van der Waals surface area contributed by atoms with Crippen LogP contribution in [0.25, 0.3) is 0 Å². The highest BCUT2D eigenvalue weighted by molar-refractivity contribution is 9.10. The van der Waals surface area contributed by atoms with Crippen LogP contribution >= 0.6 is 15.9 Å². The molecular weight excluding hydrogens is 457 g/mol. The molecule has 3 fully saturated rings. The highest BCUT2D eigenvalue weighted by atomic mass is 79.9. The first-order chi connectivity index (χ1) is 13.6. The molecule has 11 heteroatoms. The van der Waals surface area contributed by atoms with Crippen molar-refractivity contribution in [2.24, 2.45) is 17.8 Å². The minimum atomic E-state index is -4.63. The maximum Gasteiger partial charge on any atom is 0.434 e. The molecule has 160 valence electrons. The first-order valence-corrected chi connectivity index (χ1v) is 10.4. The molecule has 1 aromatic heterocycles. The van der Waals surface area contributed by atoms with Crippen LogP contribution in [0.4, 0.5) is 24.9 Å². The van der Waals surface area contributed by atoms with Gasteiger partial charge in [0.1, 0.15) is 5.82 Å². The number of aliphatic hydroxyl groups excluding tert-OH is 1. The molecule has 2 saturated heterocycles. The topological polar surface area (TPSA) is 78.8 Å². The quantitative estimate of drug-likeness (QED) is 0.651. The maximum atomic E-state index is 13.6. The number of fused-ring (bicyclic) bond motifs is 1. The average Bonchev–Trinajstić information content (AvgIpc) is 3.08. The third-order valence-corrected chi connectivity index (χ3v) is 6.89. The van der Waals surface area contributed by atoms with Crippen molar-refractivity contribution < 1.29 is 27.8 Å². The molecule has 1 aromatic rings. The normalized spacial score (nSPS) is 30.8. The van der Waals surface area contributed by atoms with Gasteiger partial charge in [0.15, 0.2) is 5.69 Å². The van der Waals surface area contributed by atoms with Gasteiger partial charge in [-0.2, -0.15) is 18.2 Å². The van der Waals surface area contributed by atoms with Crippen molar-refractivity contribution in [2.45, 2.75) is 38.6 Å². The number of alkyl halides is 3. The number of piperidine rings is 1. The van der Waals surface area contributed by atoms with E-state index in [9.17, 15) is 23.1 Å². The van der Waals surface area contributed by atoms with E-state index in [0.29, 0.717) is 26.1 Å². The molecule has 4 rings (SSSR count). The molecule has 3 heterocycles. The van der Waals surface area contributed by atoms with Crippen LogP contribution in [-0.2, 0) is 15.7 Å². The Hall–Kier alpha value is -1.62. The molecule has 2 aliphatic heterocycles. The molecule has 0 radical (unpaired) electrons. The van der Waals surface area contributed by atoms with Crippen molar-refractivity contribution in [3.63, 3.8) is 0 Å². The summed E-state index contributed by atoms with van der Waals surface area (Å²) in [6, 6.07) is -0.342. The van der Waals surface area contributed by atoms with Crippen LogP contribution in [0.15, 0.2) is 4.47 Å². The first kappa shape index (κ1) is 20.6. The van der Waals surface area contributed by atoms with E-state index >= 15 is 0 Å². The number of ether oxygens (including phenoxy) is 1. The number of carbonyl (C=O) groups is 1. The smallest absolute Gasteiger partial charge is 0.434 e. The van der Waals surface area contributed by atoms with E-state index in [-0.39, 0.29) is 52.5 Å². The molecule has 1 aliphatic carbocycles. The fourth-order valence-electron chi connectivity index (χ4n) is 4.34. The number of anilines is 2. The fraction of sp³-hybridized carbons (Fsp3) is 0.722. The molecule has 0 aromatic carbocycles. The Labute approximate surface area is 174 Å². The van der Waals surface area contributed by atoms with E-state index in [0.717, 1.165) is 0 Å². The van der Waals surface area contributed by atoms with Crippen molar-refractivity contribution in [1.82, 2.24) is 9.97 Å². The SMILES string of the molecule is CCOC(=O)CC1C2CN(c3nc(N4C[C@@H](O)[C@@H]4C)nc(C(F)(F)F)c3Br)CC12. The second-order valence-electron chi connectivity index (χ2n) is 7.87. The summed E-state index contributed by atoms with van der Waals surface area (Å²) in [6.07, 6.45) is -4.89. The van der Waals surface area contributed by atoms with Gasteiger partial charge in [0.25, 0.3) is 0 Å². The molecule has 0 amide bonds. The van der Waals surface area contributed by atoms with Crippen molar-refractivity contribution in [3.8, 4) is 0 Å². The van der Waals surface area contributed by atoms with Crippen LogP contribution in [-0.4, -0.2) is 59.4 Å². The number of rotatable bonds is 5. The largest absolute Gasteiger partial charge is 0.466 e. The summed E-state index contributed by atoms with van der Waals surface area (Å²) in [5.41, 5.74) is -1.02. The molecule has 1 saturated carbocycles. The summed E-state index contributed by atoms with van der Waals surface area (Å²) in [5.74, 6) is 0.675. The van der Waals surface area contributed by atoms with Crippen LogP contribution in [0, 0.1) is 17.8 Å². The Morgan fingerprint density at radius 1 is 1.28 bits per heavy atom. The zero-order valence-electron chi connectivity index (χ0n) is 16.0. The van der Waals surface area contributed by atoms with E-state index < -0.39 is 18.0 Å². The highest BCUT2D eigenvalue weighted by Gasteiger charge is 2.57. The zero-order chi connectivity index (χ0) is 21.1. The number of hydrogen-bond donors (Lipinski definition) is 1. The molecular formula is C18H22BrF3N4O3. The van der Waals surface area contributed by atoms with Crippen molar-refractivity contribution >= 4 is 33.7 Å². The van der Waals surface area contributed by atoms with Crippen molar-refractivity contribution in [1.29, 1.82) is 0 Å². The zero-order valence-corrected chi connectivity index (χ0v) is 17.6. The van der Waals surface area contributed by atoms with Crippen LogP contribution in [0.1, 0.15) is 26.0 Å². The molecule has 0 spiro atoms.